The van der Waals surface area contributed by atoms with Crippen molar-refractivity contribution in [1.29, 1.82) is 0 Å². The van der Waals surface area contributed by atoms with Crippen molar-refractivity contribution >= 4 is 27.9 Å². The average molecular weight is 243 g/mol. The Morgan fingerprint density at radius 3 is 2.71 bits per heavy atom. The topological polar surface area (TPSA) is 0 Å². The normalized spacial score (nSPS) is 20.3. The molecule has 1 heteroatoms. The number of allylic oxidation sites excluding steroid dienone is 2. The van der Waals surface area contributed by atoms with Gasteiger partial charge in [0.1, 0.15) is 0 Å². The smallest absolute Gasteiger partial charge is 0.0522 e. The van der Waals surface area contributed by atoms with E-state index < -0.39 is 0 Å². The fraction of sp³-hybridized carbons (Fsp3) is 0.250. The first kappa shape index (κ1) is 10.9. The number of hydrogen-bond acceptors (Lipinski definition) is 0. The summed E-state index contributed by atoms with van der Waals surface area (Å²) >= 11 is 6.24. The predicted molar refractivity (Wildman–Crippen MR) is 75.4 cm³/mol. The summed E-state index contributed by atoms with van der Waals surface area (Å²) in [6.45, 7) is 0. The lowest BCUT2D eigenvalue weighted by Gasteiger charge is -2.18. The summed E-state index contributed by atoms with van der Waals surface area (Å²) in [5, 5.41) is 2.85. The van der Waals surface area contributed by atoms with E-state index in [2.05, 4.69) is 48.5 Å². The molecule has 1 unspecified atom stereocenters. The largest absolute Gasteiger partial charge is 0.118 e. The van der Waals surface area contributed by atoms with Gasteiger partial charge in [0.05, 0.1) is 5.38 Å². The lowest BCUT2D eigenvalue weighted by Crippen LogP contribution is -2.02. The maximum absolute atomic E-state index is 6.24. The molecule has 0 fully saturated rings. The van der Waals surface area contributed by atoms with E-state index >= 15 is 0 Å². The summed E-state index contributed by atoms with van der Waals surface area (Å²) in [5.41, 5.74) is 2.77. The van der Waals surface area contributed by atoms with Crippen LogP contribution in [0.5, 0.6) is 0 Å². The Labute approximate surface area is 107 Å². The summed E-state index contributed by atoms with van der Waals surface area (Å²) in [6.07, 6.45) is 5.68. The summed E-state index contributed by atoms with van der Waals surface area (Å²) in [7, 11) is 0. The lowest BCUT2D eigenvalue weighted by molar-refractivity contribution is 0.748. The zero-order valence-corrected chi connectivity index (χ0v) is 10.5. The van der Waals surface area contributed by atoms with Crippen molar-refractivity contribution in [3.05, 3.63) is 54.1 Å². The highest BCUT2D eigenvalue weighted by molar-refractivity contribution is 6.22. The van der Waals surface area contributed by atoms with Crippen LogP contribution in [0.25, 0.3) is 16.3 Å². The molecule has 2 aromatic rings. The van der Waals surface area contributed by atoms with E-state index in [0.717, 1.165) is 12.8 Å². The maximum atomic E-state index is 6.24. The predicted octanol–water partition coefficient (Wildman–Crippen LogP) is 5.01. The Morgan fingerprint density at radius 2 is 1.82 bits per heavy atom. The van der Waals surface area contributed by atoms with E-state index in [9.17, 15) is 0 Å². The second-order valence-electron chi connectivity index (χ2n) is 4.63. The lowest BCUT2D eigenvalue weighted by atomic mass is 9.90. The highest BCUT2D eigenvalue weighted by atomic mass is 35.5. The fourth-order valence-corrected chi connectivity index (χ4v) is 2.91. The third-order valence-corrected chi connectivity index (χ3v) is 3.79. The summed E-state index contributed by atoms with van der Waals surface area (Å²) in [5.74, 6) is 0. The third kappa shape index (κ3) is 2.10. The number of hydrogen-bond donors (Lipinski definition) is 0. The minimum absolute atomic E-state index is 0.206. The van der Waals surface area contributed by atoms with Gasteiger partial charge in [0.15, 0.2) is 0 Å². The van der Waals surface area contributed by atoms with Crippen molar-refractivity contribution in [3.8, 4) is 0 Å². The second kappa shape index (κ2) is 4.54. The van der Waals surface area contributed by atoms with Crippen LogP contribution >= 0.6 is 11.6 Å². The van der Waals surface area contributed by atoms with Gasteiger partial charge in [-0.25, -0.2) is 0 Å². The molecule has 2 aromatic carbocycles. The standard InChI is InChI=1S/C16H15Cl/c17-14-8-3-7-13(11-14)16-10-4-6-12-5-1-2-9-15(12)16/h1-2,4-6,9-11,14H,3,7-8H2. The molecule has 0 saturated carbocycles. The van der Waals surface area contributed by atoms with Crippen LogP contribution in [0.1, 0.15) is 24.8 Å². The number of fused-ring (bicyclic) bond motifs is 1. The van der Waals surface area contributed by atoms with Crippen LogP contribution < -0.4 is 0 Å². The van der Waals surface area contributed by atoms with E-state index in [1.807, 2.05) is 0 Å². The highest BCUT2D eigenvalue weighted by Crippen LogP contribution is 2.33. The highest BCUT2D eigenvalue weighted by Gasteiger charge is 2.13. The summed E-state index contributed by atoms with van der Waals surface area (Å²) < 4.78 is 0. The van der Waals surface area contributed by atoms with Crippen LogP contribution in [0.15, 0.2) is 48.5 Å². The third-order valence-electron chi connectivity index (χ3n) is 3.44. The monoisotopic (exact) mass is 242 g/mol. The Balaban J connectivity index is 2.17. The number of benzene rings is 2. The second-order valence-corrected chi connectivity index (χ2v) is 5.19. The van der Waals surface area contributed by atoms with Gasteiger partial charge in [0.2, 0.25) is 0 Å². The Hall–Kier alpha value is -1.27. The molecule has 86 valence electrons. The minimum Gasteiger partial charge on any atom is -0.118 e. The molecule has 1 atom stereocenters. The van der Waals surface area contributed by atoms with Gasteiger partial charge in [0, 0.05) is 0 Å². The molecule has 0 radical (unpaired) electrons. The molecule has 0 aliphatic heterocycles. The number of halogens is 1. The molecule has 17 heavy (non-hydrogen) atoms. The van der Waals surface area contributed by atoms with Gasteiger partial charge in [-0.1, -0.05) is 48.5 Å². The zero-order valence-electron chi connectivity index (χ0n) is 9.70. The molecule has 1 aliphatic rings. The van der Waals surface area contributed by atoms with Crippen LogP contribution in [-0.4, -0.2) is 5.38 Å². The van der Waals surface area contributed by atoms with Gasteiger partial charge in [-0.3, -0.25) is 0 Å². The van der Waals surface area contributed by atoms with Gasteiger partial charge in [-0.15, -0.1) is 11.6 Å². The summed E-state index contributed by atoms with van der Waals surface area (Å²) in [4.78, 5) is 0. The molecule has 0 nitrogen and oxygen atoms in total. The van der Waals surface area contributed by atoms with Crippen molar-refractivity contribution in [2.75, 3.05) is 0 Å². The maximum Gasteiger partial charge on any atom is 0.0522 e. The molecule has 0 bridgehead atoms. The molecule has 1 aliphatic carbocycles. The van der Waals surface area contributed by atoms with E-state index in [1.54, 1.807) is 0 Å². The average Bonchev–Trinajstić information content (AvgIpc) is 2.38. The first-order valence-electron chi connectivity index (χ1n) is 6.17. The van der Waals surface area contributed by atoms with Crippen LogP contribution in [-0.2, 0) is 0 Å². The first-order chi connectivity index (χ1) is 8.34. The Morgan fingerprint density at radius 1 is 1.00 bits per heavy atom. The van der Waals surface area contributed by atoms with Gasteiger partial charge in [-0.05, 0) is 41.2 Å². The van der Waals surface area contributed by atoms with Crippen molar-refractivity contribution in [2.45, 2.75) is 24.6 Å². The molecule has 0 saturated heterocycles. The molecular weight excluding hydrogens is 228 g/mol. The van der Waals surface area contributed by atoms with Crippen LogP contribution in [0.3, 0.4) is 0 Å². The van der Waals surface area contributed by atoms with Gasteiger partial charge in [-0.2, -0.15) is 0 Å². The first-order valence-corrected chi connectivity index (χ1v) is 6.61. The molecule has 3 rings (SSSR count). The zero-order chi connectivity index (χ0) is 11.7. The minimum atomic E-state index is 0.206. The van der Waals surface area contributed by atoms with Crippen LogP contribution in [0.4, 0.5) is 0 Å². The van der Waals surface area contributed by atoms with E-state index in [1.165, 1.54) is 28.3 Å². The van der Waals surface area contributed by atoms with Gasteiger partial charge >= 0.3 is 0 Å². The summed E-state index contributed by atoms with van der Waals surface area (Å²) in [6, 6.07) is 15.1. The molecular formula is C16H15Cl. The van der Waals surface area contributed by atoms with E-state index in [-0.39, 0.29) is 5.38 Å². The van der Waals surface area contributed by atoms with Gasteiger partial charge < -0.3 is 0 Å². The number of alkyl halides is 1. The van der Waals surface area contributed by atoms with E-state index in [4.69, 9.17) is 11.6 Å². The van der Waals surface area contributed by atoms with Gasteiger partial charge in [0.25, 0.3) is 0 Å². The Bertz CT molecular complexity index is 563. The Kier molecular flexibility index (Phi) is 2.90. The van der Waals surface area contributed by atoms with Crippen molar-refractivity contribution < 1.29 is 0 Å². The number of rotatable bonds is 1. The van der Waals surface area contributed by atoms with Crippen molar-refractivity contribution in [3.63, 3.8) is 0 Å². The fourth-order valence-electron chi connectivity index (χ4n) is 2.60. The molecule has 0 amide bonds. The van der Waals surface area contributed by atoms with Crippen LogP contribution in [0.2, 0.25) is 0 Å². The molecule has 0 heterocycles. The molecule has 0 N–H and O–H groups in total. The SMILES string of the molecule is ClC1C=C(c2cccc3ccccc23)CCC1. The van der Waals surface area contributed by atoms with E-state index in [0.29, 0.717) is 0 Å². The van der Waals surface area contributed by atoms with Crippen LogP contribution in [0, 0.1) is 0 Å². The molecule has 0 spiro atoms. The van der Waals surface area contributed by atoms with Crippen molar-refractivity contribution in [2.24, 2.45) is 0 Å². The van der Waals surface area contributed by atoms with Crippen molar-refractivity contribution in [1.82, 2.24) is 0 Å². The molecule has 0 aromatic heterocycles. The quantitative estimate of drug-likeness (QED) is 0.617.